The van der Waals surface area contributed by atoms with E-state index in [0.717, 1.165) is 70.2 Å². The number of amides is 1. The van der Waals surface area contributed by atoms with Crippen molar-refractivity contribution >= 4 is 34.2 Å². The number of nitrogens with zero attached hydrogens (tertiary/aromatic N) is 3. The Morgan fingerprint density at radius 2 is 1.40 bits per heavy atom. The zero-order chi connectivity index (χ0) is 32.4. The molecule has 1 aliphatic heterocycles. The van der Waals surface area contributed by atoms with E-state index in [0.29, 0.717) is 10.8 Å². The number of aliphatic hydroxyl groups is 1. The number of hydrogen-bond donors (Lipinski definition) is 2. The van der Waals surface area contributed by atoms with Crippen LogP contribution in [0.25, 0.3) is 22.0 Å². The quantitative estimate of drug-likeness (QED) is 0.166. The van der Waals surface area contributed by atoms with Gasteiger partial charge in [0.15, 0.2) is 5.82 Å². The molecule has 2 N–H and O–H groups in total. The second kappa shape index (κ2) is 13.2. The topological polar surface area (TPSA) is 70.4 Å². The highest BCUT2D eigenvalue weighted by atomic mass is 35.5. The molecule has 1 aliphatic rings. The number of carbonyl (C=O) groups is 1. The minimum absolute atomic E-state index is 0.0138. The maximum Gasteiger partial charge on any atom is 0.228 e. The van der Waals surface area contributed by atoms with Gasteiger partial charge >= 0.3 is 0 Å². The van der Waals surface area contributed by atoms with E-state index < -0.39 is 5.54 Å². The first-order valence-corrected chi connectivity index (χ1v) is 16.5. The second-order valence-corrected chi connectivity index (χ2v) is 12.7. The fraction of sp³-hybridized carbons (Fsp3) is 0.200. The molecule has 1 fully saturated rings. The lowest BCUT2D eigenvalue weighted by atomic mass is 9.77. The summed E-state index contributed by atoms with van der Waals surface area (Å²) in [6, 6.07) is 42.9. The third kappa shape index (κ3) is 5.74. The third-order valence-corrected chi connectivity index (χ3v) is 9.76. The number of fused-ring (bicyclic) bond motifs is 1. The highest BCUT2D eigenvalue weighted by Crippen LogP contribution is 2.44. The van der Waals surface area contributed by atoms with Gasteiger partial charge in [0.1, 0.15) is 5.54 Å². The molecule has 47 heavy (non-hydrogen) atoms. The predicted octanol–water partition coefficient (Wildman–Crippen LogP) is 7.97. The summed E-state index contributed by atoms with van der Waals surface area (Å²) < 4.78 is 2.07. The van der Waals surface area contributed by atoms with E-state index >= 15 is 0 Å². The molecule has 6 aromatic rings. The second-order valence-electron chi connectivity index (χ2n) is 12.3. The number of nitrogens with one attached hydrogen (secondary N) is 1. The highest BCUT2D eigenvalue weighted by molar-refractivity contribution is 6.33. The van der Waals surface area contributed by atoms with Crippen molar-refractivity contribution < 1.29 is 9.90 Å². The maximum absolute atomic E-state index is 13.9. The van der Waals surface area contributed by atoms with Crippen LogP contribution in [-0.2, 0) is 16.9 Å². The number of likely N-dealkylation sites (tertiary alicyclic amines) is 1. The van der Waals surface area contributed by atoms with Gasteiger partial charge < -0.3 is 15.3 Å². The molecule has 1 amide bonds. The standard InChI is InChI=1S/C40H37ClN4O2/c1-44-23-21-29(22-24-44)39(47)42-38-35-26-30(34-25-28(27-46)17-19-36(34)41)18-20-37(35)45(43-38)40(31-11-5-2-6-12-31,32-13-7-3-8-14-32)33-15-9-4-10-16-33/h2-20,25-26,29,46H,21-24,27H2,1H3,(H,42,43,47). The summed E-state index contributed by atoms with van der Waals surface area (Å²) in [6.45, 7) is 1.68. The number of halogens is 1. The van der Waals surface area contributed by atoms with Crippen molar-refractivity contribution in [1.82, 2.24) is 14.7 Å². The van der Waals surface area contributed by atoms with Gasteiger partial charge in [-0.05, 0) is 85.1 Å². The first kappa shape index (κ1) is 30.9. The Hall–Kier alpha value is -4.75. The van der Waals surface area contributed by atoms with Gasteiger partial charge in [-0.3, -0.25) is 4.79 Å². The van der Waals surface area contributed by atoms with E-state index in [9.17, 15) is 9.90 Å². The summed E-state index contributed by atoms with van der Waals surface area (Å²) in [6.07, 6.45) is 1.61. The summed E-state index contributed by atoms with van der Waals surface area (Å²) in [4.78, 5) is 16.1. The Balaban J connectivity index is 1.50. The van der Waals surface area contributed by atoms with Crippen LogP contribution in [0.1, 0.15) is 35.1 Å². The van der Waals surface area contributed by atoms with Crippen LogP contribution in [0, 0.1) is 5.92 Å². The molecule has 236 valence electrons. The first-order valence-electron chi connectivity index (χ1n) is 16.1. The van der Waals surface area contributed by atoms with E-state index in [-0.39, 0.29) is 18.4 Å². The lowest BCUT2D eigenvalue weighted by Gasteiger charge is -2.37. The number of carbonyl (C=O) groups excluding carboxylic acids is 1. The van der Waals surface area contributed by atoms with Crippen molar-refractivity contribution in [2.24, 2.45) is 5.92 Å². The first-order chi connectivity index (χ1) is 23.0. The molecule has 0 spiro atoms. The maximum atomic E-state index is 13.9. The Morgan fingerprint density at radius 3 is 1.96 bits per heavy atom. The number of benzene rings is 5. The van der Waals surface area contributed by atoms with Gasteiger partial charge in [0.05, 0.1) is 12.1 Å². The third-order valence-electron chi connectivity index (χ3n) is 9.43. The van der Waals surface area contributed by atoms with Gasteiger partial charge in [0.2, 0.25) is 5.91 Å². The lowest BCUT2D eigenvalue weighted by Crippen LogP contribution is -2.39. The van der Waals surface area contributed by atoms with Crippen LogP contribution >= 0.6 is 11.6 Å². The fourth-order valence-electron chi connectivity index (χ4n) is 6.92. The molecule has 0 saturated carbocycles. The van der Waals surface area contributed by atoms with Crippen LogP contribution in [0.3, 0.4) is 0 Å². The number of hydrogen-bond acceptors (Lipinski definition) is 4. The summed E-state index contributed by atoms with van der Waals surface area (Å²) in [7, 11) is 2.10. The molecular formula is C40H37ClN4O2. The molecule has 0 atom stereocenters. The summed E-state index contributed by atoms with van der Waals surface area (Å²) >= 11 is 6.72. The number of piperidine rings is 1. The molecule has 2 heterocycles. The fourth-order valence-corrected chi connectivity index (χ4v) is 7.15. The minimum atomic E-state index is -0.867. The van der Waals surface area contributed by atoms with Crippen molar-refractivity contribution in [2.45, 2.75) is 25.0 Å². The van der Waals surface area contributed by atoms with Gasteiger partial charge in [-0.25, -0.2) is 4.68 Å². The van der Waals surface area contributed by atoms with Gasteiger partial charge in [-0.2, -0.15) is 5.10 Å². The molecule has 5 aromatic carbocycles. The van der Waals surface area contributed by atoms with Gasteiger partial charge in [0, 0.05) is 21.9 Å². The van der Waals surface area contributed by atoms with Crippen LogP contribution < -0.4 is 5.32 Å². The van der Waals surface area contributed by atoms with Gasteiger partial charge in [-0.15, -0.1) is 0 Å². The Labute approximate surface area is 280 Å². The Bertz CT molecular complexity index is 1910. The van der Waals surface area contributed by atoms with Crippen molar-refractivity contribution in [3.05, 3.63) is 155 Å². The van der Waals surface area contributed by atoms with Crippen molar-refractivity contribution in [1.29, 1.82) is 0 Å². The number of aromatic nitrogens is 2. The lowest BCUT2D eigenvalue weighted by molar-refractivity contribution is -0.121. The van der Waals surface area contributed by atoms with Crippen LogP contribution in [0.4, 0.5) is 5.82 Å². The van der Waals surface area contributed by atoms with E-state index in [4.69, 9.17) is 16.7 Å². The van der Waals surface area contributed by atoms with E-state index in [1.165, 1.54) is 0 Å². The summed E-state index contributed by atoms with van der Waals surface area (Å²) in [5.74, 6) is 0.403. The SMILES string of the molecule is CN1CCC(C(=O)Nc2nn(C(c3ccccc3)(c3ccccc3)c3ccccc3)c3ccc(-c4cc(CO)ccc4Cl)cc23)CC1. The van der Waals surface area contributed by atoms with E-state index in [1.54, 1.807) is 0 Å². The predicted molar refractivity (Wildman–Crippen MR) is 190 cm³/mol. The zero-order valence-corrected chi connectivity index (χ0v) is 27.1. The normalized spacial score (nSPS) is 14.4. The Kier molecular flexibility index (Phi) is 8.65. The molecule has 7 rings (SSSR count). The van der Waals surface area contributed by atoms with Crippen molar-refractivity contribution in [3.8, 4) is 11.1 Å². The molecule has 0 aliphatic carbocycles. The number of rotatable bonds is 8. The van der Waals surface area contributed by atoms with Crippen molar-refractivity contribution in [2.75, 3.05) is 25.5 Å². The largest absolute Gasteiger partial charge is 0.392 e. The highest BCUT2D eigenvalue weighted by Gasteiger charge is 2.41. The van der Waals surface area contributed by atoms with Crippen molar-refractivity contribution in [3.63, 3.8) is 0 Å². The molecule has 0 radical (unpaired) electrons. The zero-order valence-electron chi connectivity index (χ0n) is 26.3. The van der Waals surface area contributed by atoms with E-state index in [2.05, 4.69) is 107 Å². The van der Waals surface area contributed by atoms with Crippen LogP contribution in [0.2, 0.25) is 5.02 Å². The van der Waals surface area contributed by atoms with E-state index in [1.807, 2.05) is 42.5 Å². The van der Waals surface area contributed by atoms with Gasteiger partial charge in [-0.1, -0.05) is 115 Å². The summed E-state index contributed by atoms with van der Waals surface area (Å²) in [5.41, 5.74) is 5.56. The Morgan fingerprint density at radius 1 is 0.830 bits per heavy atom. The monoisotopic (exact) mass is 640 g/mol. The average molecular weight is 641 g/mol. The molecule has 1 saturated heterocycles. The molecule has 1 aromatic heterocycles. The molecule has 6 nitrogen and oxygen atoms in total. The van der Waals surface area contributed by atoms with Gasteiger partial charge in [0.25, 0.3) is 0 Å². The summed E-state index contributed by atoms with van der Waals surface area (Å²) in [5, 5.41) is 19.9. The molecule has 0 unspecified atom stereocenters. The van der Waals surface area contributed by atoms with Crippen LogP contribution in [0.15, 0.2) is 127 Å². The smallest absolute Gasteiger partial charge is 0.228 e. The molecule has 0 bridgehead atoms. The molecular weight excluding hydrogens is 604 g/mol. The molecule has 7 heteroatoms. The van der Waals surface area contributed by atoms with Crippen LogP contribution in [-0.4, -0.2) is 45.8 Å². The average Bonchev–Trinajstić information content (AvgIpc) is 3.48. The number of aliphatic hydroxyl groups excluding tert-OH is 1. The minimum Gasteiger partial charge on any atom is -0.392 e. The van der Waals surface area contributed by atoms with Crippen LogP contribution in [0.5, 0.6) is 0 Å². The number of anilines is 1.